The highest BCUT2D eigenvalue weighted by Gasteiger charge is 2.21. The van der Waals surface area contributed by atoms with Crippen LogP contribution in [0.15, 0.2) is 0 Å². The van der Waals surface area contributed by atoms with Crippen LogP contribution in [0.3, 0.4) is 0 Å². The molecule has 1 unspecified atom stereocenters. The van der Waals surface area contributed by atoms with E-state index in [1.807, 2.05) is 6.92 Å². The van der Waals surface area contributed by atoms with Gasteiger partial charge in [0, 0.05) is 13.1 Å². The van der Waals surface area contributed by atoms with Gasteiger partial charge in [-0.2, -0.15) is 0 Å². The third-order valence-electron chi connectivity index (χ3n) is 2.71. The molecular weight excluding hydrogens is 264 g/mol. The first kappa shape index (κ1) is 18.2. The summed E-state index contributed by atoms with van der Waals surface area (Å²) in [5.41, 5.74) is 4.92. The van der Waals surface area contributed by atoms with Crippen LogP contribution in [-0.4, -0.2) is 60.1 Å². The van der Waals surface area contributed by atoms with Crippen LogP contribution in [0, 0.1) is 0 Å². The Kier molecular flexibility index (Phi) is 9.10. The van der Waals surface area contributed by atoms with E-state index in [0.29, 0.717) is 13.1 Å². The highest BCUT2D eigenvalue weighted by Crippen LogP contribution is 1.92. The highest BCUT2D eigenvalue weighted by molar-refractivity contribution is 5.87. The highest BCUT2D eigenvalue weighted by atomic mass is 16.4. The fourth-order valence-electron chi connectivity index (χ4n) is 1.68. The van der Waals surface area contributed by atoms with Gasteiger partial charge in [0.25, 0.3) is 0 Å². The first-order chi connectivity index (χ1) is 9.40. The molecule has 116 valence electrons. The van der Waals surface area contributed by atoms with Crippen molar-refractivity contribution in [2.45, 2.75) is 32.7 Å². The summed E-state index contributed by atoms with van der Waals surface area (Å²) in [5, 5.41) is 13.6. The van der Waals surface area contributed by atoms with Crippen LogP contribution >= 0.6 is 0 Å². The van der Waals surface area contributed by atoms with E-state index in [2.05, 4.69) is 22.5 Å². The third kappa shape index (κ3) is 8.30. The second kappa shape index (κ2) is 10.0. The van der Waals surface area contributed by atoms with E-state index >= 15 is 0 Å². The molecule has 8 nitrogen and oxygen atoms in total. The fourth-order valence-corrected chi connectivity index (χ4v) is 1.68. The summed E-state index contributed by atoms with van der Waals surface area (Å²) in [6, 6.07) is -1.92. The van der Waals surface area contributed by atoms with Crippen LogP contribution in [0.2, 0.25) is 0 Å². The van der Waals surface area contributed by atoms with Gasteiger partial charge in [0.2, 0.25) is 5.91 Å². The largest absolute Gasteiger partial charge is 0.480 e. The standard InChI is InChI=1S/C12H24N4O4/c1-3-6-16(4-2)7-5-14-12(20)15-9(11(18)19)8-10(13)17/h9H,3-8H2,1-2H3,(H2,13,17)(H,18,19)(H2,14,15,20). The lowest BCUT2D eigenvalue weighted by Crippen LogP contribution is -2.49. The maximum Gasteiger partial charge on any atom is 0.326 e. The van der Waals surface area contributed by atoms with Gasteiger partial charge >= 0.3 is 12.0 Å². The van der Waals surface area contributed by atoms with E-state index in [9.17, 15) is 14.4 Å². The molecule has 0 fully saturated rings. The Hall–Kier alpha value is -1.83. The lowest BCUT2D eigenvalue weighted by Gasteiger charge is -2.20. The molecule has 3 amide bonds. The molecular formula is C12H24N4O4. The number of likely N-dealkylation sites (N-methyl/N-ethyl adjacent to an activating group) is 1. The summed E-state index contributed by atoms with van der Waals surface area (Å²) in [4.78, 5) is 35.2. The van der Waals surface area contributed by atoms with Crippen LogP contribution < -0.4 is 16.4 Å². The van der Waals surface area contributed by atoms with Crippen LogP contribution in [-0.2, 0) is 9.59 Å². The number of carboxylic acid groups (broad SMARTS) is 1. The van der Waals surface area contributed by atoms with Gasteiger partial charge in [-0.1, -0.05) is 13.8 Å². The third-order valence-corrected chi connectivity index (χ3v) is 2.71. The summed E-state index contributed by atoms with van der Waals surface area (Å²) in [6.45, 7) is 7.02. The summed E-state index contributed by atoms with van der Waals surface area (Å²) < 4.78 is 0. The zero-order valence-corrected chi connectivity index (χ0v) is 12.0. The molecule has 0 heterocycles. The van der Waals surface area contributed by atoms with Crippen molar-refractivity contribution in [3.63, 3.8) is 0 Å². The van der Waals surface area contributed by atoms with Crippen molar-refractivity contribution in [3.8, 4) is 0 Å². The van der Waals surface area contributed by atoms with Crippen LogP contribution in [0.1, 0.15) is 26.7 Å². The van der Waals surface area contributed by atoms with Crippen LogP contribution in [0.25, 0.3) is 0 Å². The number of primary amides is 1. The predicted molar refractivity (Wildman–Crippen MR) is 74.2 cm³/mol. The van der Waals surface area contributed by atoms with Crippen molar-refractivity contribution in [3.05, 3.63) is 0 Å². The molecule has 0 bridgehead atoms. The average molecular weight is 288 g/mol. The zero-order chi connectivity index (χ0) is 15.5. The van der Waals surface area contributed by atoms with Gasteiger partial charge in [-0.05, 0) is 19.5 Å². The van der Waals surface area contributed by atoms with E-state index in [4.69, 9.17) is 10.8 Å². The normalized spacial score (nSPS) is 11.9. The smallest absolute Gasteiger partial charge is 0.326 e. The monoisotopic (exact) mass is 288 g/mol. The quantitative estimate of drug-likeness (QED) is 0.425. The Morgan fingerprint density at radius 2 is 1.90 bits per heavy atom. The second-order valence-electron chi connectivity index (χ2n) is 4.40. The minimum Gasteiger partial charge on any atom is -0.480 e. The molecule has 0 radical (unpaired) electrons. The fraction of sp³-hybridized carbons (Fsp3) is 0.750. The molecule has 0 saturated heterocycles. The topological polar surface area (TPSA) is 125 Å². The molecule has 0 aromatic carbocycles. The molecule has 8 heteroatoms. The number of hydrogen-bond acceptors (Lipinski definition) is 4. The Bertz CT molecular complexity index is 335. The van der Waals surface area contributed by atoms with E-state index in [1.165, 1.54) is 0 Å². The number of rotatable bonds is 10. The summed E-state index contributed by atoms with van der Waals surface area (Å²) in [6.07, 6.45) is 0.597. The molecule has 5 N–H and O–H groups in total. The molecule has 0 aromatic rings. The van der Waals surface area contributed by atoms with Crippen molar-refractivity contribution in [2.24, 2.45) is 5.73 Å². The van der Waals surface area contributed by atoms with Gasteiger partial charge in [-0.3, -0.25) is 4.79 Å². The first-order valence-corrected chi connectivity index (χ1v) is 6.68. The Morgan fingerprint density at radius 1 is 1.25 bits per heavy atom. The average Bonchev–Trinajstić information content (AvgIpc) is 2.36. The maximum atomic E-state index is 11.5. The van der Waals surface area contributed by atoms with Gasteiger partial charge in [0.1, 0.15) is 6.04 Å². The molecule has 1 atom stereocenters. The Labute approximate surface area is 118 Å². The second-order valence-corrected chi connectivity index (χ2v) is 4.40. The van der Waals surface area contributed by atoms with Gasteiger partial charge in [0.05, 0.1) is 6.42 Å². The van der Waals surface area contributed by atoms with Gasteiger partial charge in [0.15, 0.2) is 0 Å². The number of urea groups is 1. The molecule has 0 aliphatic heterocycles. The molecule has 0 aliphatic carbocycles. The summed E-state index contributed by atoms with van der Waals surface area (Å²) in [5.74, 6) is -2.07. The van der Waals surface area contributed by atoms with Crippen molar-refractivity contribution < 1.29 is 19.5 Å². The number of nitrogens with two attached hydrogens (primary N) is 1. The maximum absolute atomic E-state index is 11.5. The van der Waals surface area contributed by atoms with Gasteiger partial charge in [-0.25, -0.2) is 9.59 Å². The van der Waals surface area contributed by atoms with E-state index in [1.54, 1.807) is 0 Å². The number of hydrogen-bond donors (Lipinski definition) is 4. The molecule has 0 aliphatic rings. The lowest BCUT2D eigenvalue weighted by molar-refractivity contribution is -0.140. The van der Waals surface area contributed by atoms with E-state index in [0.717, 1.165) is 19.5 Å². The van der Waals surface area contributed by atoms with Crippen molar-refractivity contribution in [1.29, 1.82) is 0 Å². The molecule has 0 saturated carbocycles. The molecule has 20 heavy (non-hydrogen) atoms. The summed E-state index contributed by atoms with van der Waals surface area (Å²) >= 11 is 0. The number of carbonyl (C=O) groups is 3. The van der Waals surface area contributed by atoms with Crippen LogP contribution in [0.4, 0.5) is 4.79 Å². The number of nitrogens with one attached hydrogen (secondary N) is 2. The van der Waals surface area contributed by atoms with Gasteiger partial charge < -0.3 is 26.4 Å². The number of carboxylic acids is 1. The Morgan fingerprint density at radius 3 is 2.35 bits per heavy atom. The molecule has 0 rings (SSSR count). The van der Waals surface area contributed by atoms with Crippen molar-refractivity contribution in [1.82, 2.24) is 15.5 Å². The number of aliphatic carboxylic acids is 1. The number of amides is 3. The van der Waals surface area contributed by atoms with Crippen LogP contribution in [0.5, 0.6) is 0 Å². The zero-order valence-electron chi connectivity index (χ0n) is 12.0. The van der Waals surface area contributed by atoms with Crippen molar-refractivity contribution in [2.75, 3.05) is 26.2 Å². The van der Waals surface area contributed by atoms with E-state index in [-0.39, 0.29) is 0 Å². The first-order valence-electron chi connectivity index (χ1n) is 6.68. The number of nitrogens with zero attached hydrogens (tertiary/aromatic N) is 1. The lowest BCUT2D eigenvalue weighted by atomic mass is 10.2. The van der Waals surface area contributed by atoms with E-state index < -0.39 is 30.4 Å². The SMILES string of the molecule is CCCN(CC)CCNC(=O)NC(CC(N)=O)C(=O)O. The summed E-state index contributed by atoms with van der Waals surface area (Å²) in [7, 11) is 0. The molecule has 0 spiro atoms. The minimum atomic E-state index is -1.30. The van der Waals surface area contributed by atoms with Gasteiger partial charge in [-0.15, -0.1) is 0 Å². The Balaban J connectivity index is 4.07. The van der Waals surface area contributed by atoms with Crippen molar-refractivity contribution >= 4 is 17.9 Å². The minimum absolute atomic E-state index is 0.405. The number of carbonyl (C=O) groups excluding carboxylic acids is 2. The molecule has 0 aromatic heterocycles. The predicted octanol–water partition coefficient (Wildman–Crippen LogP) is -0.654.